The summed E-state index contributed by atoms with van der Waals surface area (Å²) in [6.07, 6.45) is 0. The number of carbonyl (C=O) groups is 1. The summed E-state index contributed by atoms with van der Waals surface area (Å²) >= 11 is 2.41. The molecule has 1 amide bonds. The smallest absolute Gasteiger partial charge is 0.271 e. The average molecular weight is 256 g/mol. The maximum absolute atomic E-state index is 11.8. The topological polar surface area (TPSA) is 90.1 Å². The monoisotopic (exact) mass is 256 g/mol. The number of hydrogen-bond acceptors (Lipinski definition) is 7. The Kier molecular flexibility index (Phi) is 3.02. The van der Waals surface area contributed by atoms with E-state index in [0.717, 1.165) is 11.3 Å². The maximum Gasteiger partial charge on any atom is 0.271 e. The van der Waals surface area contributed by atoms with E-state index in [9.17, 15) is 4.79 Å². The summed E-state index contributed by atoms with van der Waals surface area (Å²) in [7, 11) is 1.52. The fourth-order valence-electron chi connectivity index (χ4n) is 1.06. The van der Waals surface area contributed by atoms with E-state index in [1.165, 1.54) is 18.4 Å². The van der Waals surface area contributed by atoms with Gasteiger partial charge in [0, 0.05) is 0 Å². The number of thiophene rings is 1. The highest BCUT2D eigenvalue weighted by Gasteiger charge is 2.15. The van der Waals surface area contributed by atoms with Gasteiger partial charge in [-0.25, -0.2) is 0 Å². The molecule has 0 unspecified atom stereocenters. The molecule has 0 fully saturated rings. The first-order valence-corrected chi connectivity index (χ1v) is 5.92. The van der Waals surface area contributed by atoms with Gasteiger partial charge in [0.2, 0.25) is 10.3 Å². The van der Waals surface area contributed by atoms with Crippen LogP contribution in [0.2, 0.25) is 0 Å². The van der Waals surface area contributed by atoms with Gasteiger partial charge in [-0.15, -0.1) is 21.5 Å². The minimum Gasteiger partial charge on any atom is -0.495 e. The number of aromatic nitrogens is 2. The second-order valence-corrected chi connectivity index (χ2v) is 4.64. The highest BCUT2D eigenvalue weighted by Crippen LogP contribution is 2.26. The van der Waals surface area contributed by atoms with Crippen LogP contribution >= 0.6 is 22.7 Å². The minimum absolute atomic E-state index is 0.275. The van der Waals surface area contributed by atoms with Crippen molar-refractivity contribution < 1.29 is 9.53 Å². The molecule has 2 heterocycles. The lowest BCUT2D eigenvalue weighted by Crippen LogP contribution is -2.10. The molecule has 0 atom stereocenters. The molecule has 0 bridgehead atoms. The van der Waals surface area contributed by atoms with Crippen molar-refractivity contribution in [1.29, 1.82) is 0 Å². The van der Waals surface area contributed by atoms with E-state index in [1.807, 2.05) is 0 Å². The molecule has 84 valence electrons. The van der Waals surface area contributed by atoms with Crippen molar-refractivity contribution in [3.8, 4) is 5.75 Å². The van der Waals surface area contributed by atoms with Gasteiger partial charge in [0.15, 0.2) is 0 Å². The molecule has 2 aromatic heterocycles. The van der Waals surface area contributed by atoms with E-state index in [2.05, 4.69) is 15.5 Å². The predicted octanol–water partition coefficient (Wildman–Crippen LogP) is 1.44. The fourth-order valence-corrected chi connectivity index (χ4v) is 2.32. The van der Waals surface area contributed by atoms with Gasteiger partial charge in [-0.1, -0.05) is 11.3 Å². The van der Waals surface area contributed by atoms with Crippen LogP contribution in [0.25, 0.3) is 0 Å². The van der Waals surface area contributed by atoms with Crippen LogP contribution in [0.3, 0.4) is 0 Å². The summed E-state index contributed by atoms with van der Waals surface area (Å²) in [5, 5.41) is 12.4. The van der Waals surface area contributed by atoms with E-state index in [4.69, 9.17) is 10.5 Å². The maximum atomic E-state index is 11.8. The van der Waals surface area contributed by atoms with Gasteiger partial charge < -0.3 is 10.5 Å². The Hall–Kier alpha value is -1.67. The molecule has 0 spiro atoms. The Balaban J connectivity index is 2.14. The first kappa shape index (κ1) is 10.8. The summed E-state index contributed by atoms with van der Waals surface area (Å²) in [6, 6.07) is 1.73. The Bertz CT molecular complexity index is 508. The van der Waals surface area contributed by atoms with Crippen molar-refractivity contribution in [2.45, 2.75) is 0 Å². The standard InChI is InChI=1S/C8H8N4O2S2/c1-14-4-2-3-15-5(4)6(13)10-8-12-11-7(9)16-8/h2-3H,1H3,(H2,9,11)(H,10,12,13). The number of nitrogens with one attached hydrogen (secondary N) is 1. The third-order valence-corrected chi connectivity index (χ3v) is 3.28. The van der Waals surface area contributed by atoms with E-state index in [-0.39, 0.29) is 5.91 Å². The summed E-state index contributed by atoms with van der Waals surface area (Å²) in [4.78, 5) is 12.3. The molecule has 0 saturated carbocycles. The van der Waals surface area contributed by atoms with Gasteiger partial charge >= 0.3 is 0 Å². The van der Waals surface area contributed by atoms with Gasteiger partial charge in [-0.05, 0) is 11.4 Å². The van der Waals surface area contributed by atoms with Crippen LogP contribution in [-0.4, -0.2) is 23.2 Å². The number of nitrogens with two attached hydrogens (primary N) is 1. The summed E-state index contributed by atoms with van der Waals surface area (Å²) < 4.78 is 5.04. The first-order chi connectivity index (χ1) is 7.70. The summed E-state index contributed by atoms with van der Waals surface area (Å²) in [5.41, 5.74) is 5.40. The molecule has 2 aromatic rings. The van der Waals surface area contributed by atoms with Gasteiger partial charge in [0.25, 0.3) is 5.91 Å². The molecule has 0 aromatic carbocycles. The molecule has 0 aliphatic rings. The number of rotatable bonds is 3. The highest BCUT2D eigenvalue weighted by molar-refractivity contribution is 7.19. The highest BCUT2D eigenvalue weighted by atomic mass is 32.1. The van der Waals surface area contributed by atoms with Crippen LogP contribution in [0, 0.1) is 0 Å². The van der Waals surface area contributed by atoms with Crippen molar-refractivity contribution in [3.63, 3.8) is 0 Å². The normalized spacial score (nSPS) is 10.1. The van der Waals surface area contributed by atoms with E-state index in [0.29, 0.717) is 20.9 Å². The number of carbonyl (C=O) groups excluding carboxylic acids is 1. The predicted molar refractivity (Wildman–Crippen MR) is 63.1 cm³/mol. The Morgan fingerprint density at radius 1 is 1.56 bits per heavy atom. The summed E-state index contributed by atoms with van der Waals surface area (Å²) in [5.74, 6) is 0.267. The van der Waals surface area contributed by atoms with Crippen LogP contribution in [0.4, 0.5) is 10.3 Å². The molecule has 3 N–H and O–H groups in total. The van der Waals surface area contributed by atoms with Crippen molar-refractivity contribution in [2.75, 3.05) is 18.2 Å². The molecule has 0 radical (unpaired) electrons. The second-order valence-electron chi connectivity index (χ2n) is 2.72. The van der Waals surface area contributed by atoms with Gasteiger partial charge in [0.1, 0.15) is 10.6 Å². The Morgan fingerprint density at radius 2 is 2.38 bits per heavy atom. The molecule has 0 saturated heterocycles. The Morgan fingerprint density at radius 3 is 3.00 bits per heavy atom. The van der Waals surface area contributed by atoms with Crippen molar-refractivity contribution in [1.82, 2.24) is 10.2 Å². The lowest BCUT2D eigenvalue weighted by molar-refractivity contribution is 0.102. The van der Waals surface area contributed by atoms with Crippen molar-refractivity contribution >= 4 is 38.8 Å². The molecular weight excluding hydrogens is 248 g/mol. The molecule has 8 heteroatoms. The zero-order valence-corrected chi connectivity index (χ0v) is 9.89. The largest absolute Gasteiger partial charge is 0.495 e. The number of nitrogen functional groups attached to an aromatic ring is 1. The third kappa shape index (κ3) is 2.12. The lowest BCUT2D eigenvalue weighted by Gasteiger charge is -2.01. The molecule has 16 heavy (non-hydrogen) atoms. The number of methoxy groups -OCH3 is 1. The van der Waals surface area contributed by atoms with Gasteiger partial charge in [0.05, 0.1) is 7.11 Å². The SMILES string of the molecule is COc1ccsc1C(=O)Nc1nnc(N)s1. The first-order valence-electron chi connectivity index (χ1n) is 4.22. The van der Waals surface area contributed by atoms with Crippen LogP contribution < -0.4 is 15.8 Å². The zero-order valence-electron chi connectivity index (χ0n) is 8.26. The number of ether oxygens (including phenoxy) is 1. The average Bonchev–Trinajstić information content (AvgIpc) is 2.86. The van der Waals surface area contributed by atoms with E-state index < -0.39 is 0 Å². The third-order valence-electron chi connectivity index (χ3n) is 1.72. The molecule has 6 nitrogen and oxygen atoms in total. The number of hydrogen-bond donors (Lipinski definition) is 2. The van der Waals surface area contributed by atoms with Gasteiger partial charge in [-0.3, -0.25) is 10.1 Å². The lowest BCUT2D eigenvalue weighted by atomic mass is 10.4. The molecule has 2 rings (SSSR count). The molecule has 0 aliphatic carbocycles. The second kappa shape index (κ2) is 4.45. The van der Waals surface area contributed by atoms with E-state index in [1.54, 1.807) is 11.4 Å². The van der Waals surface area contributed by atoms with Crippen molar-refractivity contribution in [2.24, 2.45) is 0 Å². The number of anilines is 2. The minimum atomic E-state index is -0.275. The zero-order chi connectivity index (χ0) is 11.5. The van der Waals surface area contributed by atoms with Crippen LogP contribution in [-0.2, 0) is 0 Å². The van der Waals surface area contributed by atoms with E-state index >= 15 is 0 Å². The molecule has 0 aliphatic heterocycles. The van der Waals surface area contributed by atoms with Gasteiger partial charge in [-0.2, -0.15) is 0 Å². The van der Waals surface area contributed by atoms with Crippen LogP contribution in [0.1, 0.15) is 9.67 Å². The summed E-state index contributed by atoms with van der Waals surface area (Å²) in [6.45, 7) is 0. The van der Waals surface area contributed by atoms with Crippen molar-refractivity contribution in [3.05, 3.63) is 16.3 Å². The van der Waals surface area contributed by atoms with Crippen LogP contribution in [0.15, 0.2) is 11.4 Å². The Labute approximate surface area is 99.1 Å². The fraction of sp³-hybridized carbons (Fsp3) is 0.125. The van der Waals surface area contributed by atoms with Crippen LogP contribution in [0.5, 0.6) is 5.75 Å². The number of nitrogens with zero attached hydrogens (tertiary/aromatic N) is 2. The quantitative estimate of drug-likeness (QED) is 0.867. The number of amides is 1. The molecular formula is C8H8N4O2S2.